The molecule has 1 aliphatic heterocycles. The van der Waals surface area contributed by atoms with E-state index in [1.165, 1.54) is 0 Å². The highest BCUT2D eigenvalue weighted by atomic mass is 16.5. The van der Waals surface area contributed by atoms with Gasteiger partial charge in [0.05, 0.1) is 11.7 Å². The van der Waals surface area contributed by atoms with E-state index in [9.17, 15) is 4.79 Å². The predicted octanol–water partition coefficient (Wildman–Crippen LogP) is 2.30. The Balaban J connectivity index is 2.18. The summed E-state index contributed by atoms with van der Waals surface area (Å²) >= 11 is 0. The Morgan fingerprint density at radius 3 is 2.94 bits per heavy atom. The number of rotatable bonds is 2. The Hall–Kier alpha value is -1.32. The molecule has 2 rings (SSSR count). The van der Waals surface area contributed by atoms with Crippen molar-refractivity contribution in [2.45, 2.75) is 39.7 Å². The number of amides is 1. The number of aromatic nitrogens is 1. The van der Waals surface area contributed by atoms with Gasteiger partial charge in [-0.25, -0.2) is 0 Å². The van der Waals surface area contributed by atoms with Crippen LogP contribution in [0.25, 0.3) is 0 Å². The summed E-state index contributed by atoms with van der Waals surface area (Å²) in [5, 5.41) is 3.89. The fraction of sp³-hybridized carbons (Fsp3) is 0.667. The van der Waals surface area contributed by atoms with Crippen LogP contribution in [-0.4, -0.2) is 22.5 Å². The zero-order valence-electron chi connectivity index (χ0n) is 10.1. The number of aryl methyl sites for hydroxylation is 1. The van der Waals surface area contributed by atoms with E-state index >= 15 is 0 Å². The van der Waals surface area contributed by atoms with Gasteiger partial charge in [-0.1, -0.05) is 19.0 Å². The van der Waals surface area contributed by atoms with Crippen LogP contribution in [0.4, 0.5) is 0 Å². The zero-order valence-corrected chi connectivity index (χ0v) is 10.1. The summed E-state index contributed by atoms with van der Waals surface area (Å²) in [6.07, 6.45) is 2.02. The van der Waals surface area contributed by atoms with Crippen LogP contribution in [-0.2, 0) is 4.79 Å². The summed E-state index contributed by atoms with van der Waals surface area (Å²) in [6, 6.07) is 2.02. The van der Waals surface area contributed by atoms with E-state index in [0.717, 1.165) is 30.8 Å². The molecular formula is C12H18N2O2. The molecule has 16 heavy (non-hydrogen) atoms. The number of carbonyl (C=O) groups excluding carboxylic acids is 1. The van der Waals surface area contributed by atoms with Gasteiger partial charge in [0.2, 0.25) is 5.91 Å². The Morgan fingerprint density at radius 2 is 2.38 bits per heavy atom. The summed E-state index contributed by atoms with van der Waals surface area (Å²) in [7, 11) is 0. The number of carbonyl (C=O) groups is 1. The first-order valence-corrected chi connectivity index (χ1v) is 5.83. The molecule has 4 heteroatoms. The molecule has 1 aromatic rings. The molecule has 1 atom stereocenters. The summed E-state index contributed by atoms with van der Waals surface area (Å²) < 4.78 is 5.26. The molecule has 1 fully saturated rings. The molecule has 0 spiro atoms. The summed E-state index contributed by atoms with van der Waals surface area (Å²) in [6.45, 7) is 6.60. The van der Waals surface area contributed by atoms with Crippen LogP contribution >= 0.6 is 0 Å². The van der Waals surface area contributed by atoms with Crippen molar-refractivity contribution in [2.75, 3.05) is 6.54 Å². The SMILES string of the molecule is Cc1cc([C@H]2CCCN2C(=O)C(C)C)on1. The number of hydrogen-bond acceptors (Lipinski definition) is 3. The van der Waals surface area contributed by atoms with Crippen LogP contribution in [0.15, 0.2) is 10.6 Å². The van der Waals surface area contributed by atoms with E-state index in [4.69, 9.17) is 4.52 Å². The second-order valence-electron chi connectivity index (χ2n) is 4.72. The average Bonchev–Trinajstić information content (AvgIpc) is 2.83. The average molecular weight is 222 g/mol. The normalized spacial score (nSPS) is 20.8. The van der Waals surface area contributed by atoms with E-state index in [1.54, 1.807) is 0 Å². The fourth-order valence-electron chi connectivity index (χ4n) is 2.20. The molecule has 1 aromatic heterocycles. The second-order valence-corrected chi connectivity index (χ2v) is 4.72. The Bertz CT molecular complexity index is 384. The van der Waals surface area contributed by atoms with Crippen molar-refractivity contribution in [1.82, 2.24) is 10.1 Å². The lowest BCUT2D eigenvalue weighted by molar-refractivity contribution is -0.135. The van der Waals surface area contributed by atoms with Crippen LogP contribution in [0.1, 0.15) is 44.2 Å². The molecular weight excluding hydrogens is 204 g/mol. The van der Waals surface area contributed by atoms with Crippen LogP contribution in [0.5, 0.6) is 0 Å². The Kier molecular flexibility index (Phi) is 2.99. The molecule has 88 valence electrons. The third kappa shape index (κ3) is 1.96. The highest BCUT2D eigenvalue weighted by Crippen LogP contribution is 2.33. The van der Waals surface area contributed by atoms with Crippen LogP contribution < -0.4 is 0 Å². The van der Waals surface area contributed by atoms with Crippen LogP contribution in [0.3, 0.4) is 0 Å². The number of nitrogens with zero attached hydrogens (tertiary/aromatic N) is 2. The Labute approximate surface area is 95.6 Å². The molecule has 0 N–H and O–H groups in total. The first kappa shape index (κ1) is 11.2. The molecule has 1 aliphatic rings. The summed E-state index contributed by atoms with van der Waals surface area (Å²) in [4.78, 5) is 13.9. The van der Waals surface area contributed by atoms with Gasteiger partial charge in [-0.15, -0.1) is 0 Å². The van der Waals surface area contributed by atoms with E-state index in [0.29, 0.717) is 0 Å². The van der Waals surface area contributed by atoms with Crippen molar-refractivity contribution >= 4 is 5.91 Å². The molecule has 2 heterocycles. The van der Waals surface area contributed by atoms with E-state index in [2.05, 4.69) is 5.16 Å². The van der Waals surface area contributed by atoms with Gasteiger partial charge in [0, 0.05) is 18.5 Å². The van der Waals surface area contributed by atoms with Crippen LogP contribution in [0.2, 0.25) is 0 Å². The number of likely N-dealkylation sites (tertiary alicyclic amines) is 1. The third-order valence-corrected chi connectivity index (χ3v) is 3.00. The summed E-state index contributed by atoms with van der Waals surface area (Å²) in [5.74, 6) is 1.07. The van der Waals surface area contributed by atoms with E-state index < -0.39 is 0 Å². The van der Waals surface area contributed by atoms with Crippen molar-refractivity contribution in [3.63, 3.8) is 0 Å². The van der Waals surface area contributed by atoms with Crippen molar-refractivity contribution in [1.29, 1.82) is 0 Å². The van der Waals surface area contributed by atoms with Gasteiger partial charge in [-0.05, 0) is 19.8 Å². The topological polar surface area (TPSA) is 46.3 Å². The number of hydrogen-bond donors (Lipinski definition) is 0. The largest absolute Gasteiger partial charge is 0.359 e. The summed E-state index contributed by atoms with van der Waals surface area (Å²) in [5.41, 5.74) is 0.874. The maximum atomic E-state index is 12.0. The maximum absolute atomic E-state index is 12.0. The highest BCUT2D eigenvalue weighted by molar-refractivity contribution is 5.78. The fourth-order valence-corrected chi connectivity index (χ4v) is 2.20. The van der Waals surface area contributed by atoms with Crippen molar-refractivity contribution in [3.8, 4) is 0 Å². The van der Waals surface area contributed by atoms with Gasteiger partial charge in [0.15, 0.2) is 5.76 Å². The molecule has 0 unspecified atom stereocenters. The van der Waals surface area contributed by atoms with Crippen molar-refractivity contribution in [3.05, 3.63) is 17.5 Å². The zero-order chi connectivity index (χ0) is 11.7. The molecule has 0 aliphatic carbocycles. The maximum Gasteiger partial charge on any atom is 0.225 e. The second kappa shape index (κ2) is 4.28. The van der Waals surface area contributed by atoms with Gasteiger partial charge in [0.25, 0.3) is 0 Å². The molecule has 0 aromatic carbocycles. The van der Waals surface area contributed by atoms with Gasteiger partial charge >= 0.3 is 0 Å². The molecule has 1 saturated heterocycles. The molecule has 0 saturated carbocycles. The first-order chi connectivity index (χ1) is 7.59. The highest BCUT2D eigenvalue weighted by Gasteiger charge is 2.33. The minimum absolute atomic E-state index is 0.0459. The van der Waals surface area contributed by atoms with E-state index in [-0.39, 0.29) is 17.9 Å². The monoisotopic (exact) mass is 222 g/mol. The van der Waals surface area contributed by atoms with E-state index in [1.807, 2.05) is 31.7 Å². The quantitative estimate of drug-likeness (QED) is 0.771. The van der Waals surface area contributed by atoms with Crippen molar-refractivity contribution < 1.29 is 9.32 Å². The molecule has 0 bridgehead atoms. The minimum atomic E-state index is 0.0459. The lowest BCUT2D eigenvalue weighted by Gasteiger charge is -2.24. The first-order valence-electron chi connectivity index (χ1n) is 5.83. The molecule has 0 radical (unpaired) electrons. The Morgan fingerprint density at radius 1 is 1.62 bits per heavy atom. The molecule has 1 amide bonds. The lowest BCUT2D eigenvalue weighted by Crippen LogP contribution is -2.33. The lowest BCUT2D eigenvalue weighted by atomic mass is 10.1. The van der Waals surface area contributed by atoms with Gasteiger partial charge in [-0.2, -0.15) is 0 Å². The minimum Gasteiger partial charge on any atom is -0.359 e. The van der Waals surface area contributed by atoms with Gasteiger partial charge in [-0.3, -0.25) is 4.79 Å². The standard InChI is InChI=1S/C12H18N2O2/c1-8(2)12(15)14-6-4-5-10(14)11-7-9(3)13-16-11/h7-8,10H,4-6H2,1-3H3/t10-/m1/s1. The van der Waals surface area contributed by atoms with Crippen LogP contribution in [0, 0.1) is 12.8 Å². The van der Waals surface area contributed by atoms with Crippen molar-refractivity contribution in [2.24, 2.45) is 5.92 Å². The van der Waals surface area contributed by atoms with Gasteiger partial charge in [0.1, 0.15) is 0 Å². The molecule has 4 nitrogen and oxygen atoms in total. The van der Waals surface area contributed by atoms with Gasteiger partial charge < -0.3 is 9.42 Å². The third-order valence-electron chi connectivity index (χ3n) is 3.00. The predicted molar refractivity (Wildman–Crippen MR) is 59.8 cm³/mol. The smallest absolute Gasteiger partial charge is 0.225 e.